The van der Waals surface area contributed by atoms with Crippen LogP contribution in [0.2, 0.25) is 0 Å². The van der Waals surface area contributed by atoms with Gasteiger partial charge in [-0.15, -0.1) is 0 Å². The molecule has 0 spiro atoms. The van der Waals surface area contributed by atoms with Gasteiger partial charge in [0.15, 0.2) is 0 Å². The second-order valence-corrected chi connectivity index (χ2v) is 8.15. The highest BCUT2D eigenvalue weighted by atomic mass is 19.4. The maximum absolute atomic E-state index is 13.6. The number of hydrogen-bond donors (Lipinski definition) is 1. The fourth-order valence-electron chi connectivity index (χ4n) is 4.34. The quantitative estimate of drug-likeness (QED) is 0.383. The van der Waals surface area contributed by atoms with Crippen molar-refractivity contribution in [3.05, 3.63) is 93.9 Å². The van der Waals surface area contributed by atoms with Crippen LogP contribution in [0.4, 0.5) is 13.2 Å². The number of alkyl halides is 3. The Balaban J connectivity index is 2.04. The molecule has 0 aliphatic heterocycles. The number of aromatic nitrogens is 2. The lowest BCUT2D eigenvalue weighted by Gasteiger charge is -2.20. The van der Waals surface area contributed by atoms with Gasteiger partial charge in [-0.3, -0.25) is 4.98 Å². The Bertz CT molecular complexity index is 1390. The van der Waals surface area contributed by atoms with Gasteiger partial charge in [-0.2, -0.15) is 13.2 Å². The van der Waals surface area contributed by atoms with Crippen molar-refractivity contribution in [3.8, 4) is 5.69 Å². The normalized spacial score (nSPS) is 12.7. The molecular formula is C26H23F3N2O3. The van der Waals surface area contributed by atoms with Gasteiger partial charge in [-0.1, -0.05) is 18.2 Å². The van der Waals surface area contributed by atoms with Crippen LogP contribution < -0.4 is 0 Å². The Labute approximate surface area is 194 Å². The third-order valence-corrected chi connectivity index (χ3v) is 6.04. The Morgan fingerprint density at radius 3 is 2.38 bits per heavy atom. The first kappa shape index (κ1) is 23.5. The van der Waals surface area contributed by atoms with Crippen molar-refractivity contribution in [3.63, 3.8) is 0 Å². The Morgan fingerprint density at radius 1 is 1.09 bits per heavy atom. The lowest BCUT2D eigenvalue weighted by atomic mass is 9.96. The molecule has 2 aromatic carbocycles. The molecule has 1 unspecified atom stereocenters. The first-order valence-corrected chi connectivity index (χ1v) is 10.6. The fourth-order valence-corrected chi connectivity index (χ4v) is 4.34. The van der Waals surface area contributed by atoms with E-state index in [4.69, 9.17) is 4.74 Å². The summed E-state index contributed by atoms with van der Waals surface area (Å²) in [5, 5.41) is 12.1. The van der Waals surface area contributed by atoms with Gasteiger partial charge >= 0.3 is 12.1 Å². The molecule has 4 rings (SSSR count). The standard InChI is InChI=1S/C26H23F3N2O3/c1-14-10-17(26(27,28)29)11-21-19(14)12-22(31(21)18-8-6-5-7-9-18)24(32)23-15(2)20(25(33)34-4)13-30-16(23)3/h5-13,24,32H,1-4H3. The molecule has 5 nitrogen and oxygen atoms in total. The van der Waals surface area contributed by atoms with Crippen molar-refractivity contribution in [1.29, 1.82) is 0 Å². The van der Waals surface area contributed by atoms with Crippen molar-refractivity contribution < 1.29 is 27.8 Å². The first-order chi connectivity index (χ1) is 16.0. The third-order valence-electron chi connectivity index (χ3n) is 6.04. The molecule has 1 N–H and O–H groups in total. The number of pyridine rings is 1. The number of para-hydroxylation sites is 1. The number of carbonyl (C=O) groups is 1. The van der Waals surface area contributed by atoms with Crippen molar-refractivity contribution in [2.75, 3.05) is 7.11 Å². The van der Waals surface area contributed by atoms with Gasteiger partial charge in [-0.05, 0) is 62.2 Å². The van der Waals surface area contributed by atoms with E-state index < -0.39 is 23.8 Å². The van der Waals surface area contributed by atoms with Gasteiger partial charge in [0.1, 0.15) is 6.10 Å². The molecule has 8 heteroatoms. The summed E-state index contributed by atoms with van der Waals surface area (Å²) in [4.78, 5) is 16.5. The SMILES string of the molecule is COC(=O)c1cnc(C)c(C(O)c2cc3c(C)cc(C(F)(F)F)cc3n2-c2ccccc2)c1C. The number of carbonyl (C=O) groups excluding carboxylic acids is 1. The minimum atomic E-state index is -4.52. The van der Waals surface area contributed by atoms with Crippen molar-refractivity contribution >= 4 is 16.9 Å². The zero-order valence-electron chi connectivity index (χ0n) is 19.1. The lowest BCUT2D eigenvalue weighted by molar-refractivity contribution is -0.137. The maximum atomic E-state index is 13.6. The van der Waals surface area contributed by atoms with Gasteiger partial charge in [0.25, 0.3) is 0 Å². The molecular weight excluding hydrogens is 445 g/mol. The summed E-state index contributed by atoms with van der Waals surface area (Å²) in [6.07, 6.45) is -4.40. The Morgan fingerprint density at radius 2 is 1.76 bits per heavy atom. The number of esters is 1. The molecule has 0 saturated carbocycles. The molecule has 2 aromatic heterocycles. The zero-order valence-corrected chi connectivity index (χ0v) is 19.1. The van der Waals surface area contributed by atoms with Crippen molar-refractivity contribution in [1.82, 2.24) is 9.55 Å². The summed E-state index contributed by atoms with van der Waals surface area (Å²) >= 11 is 0. The highest BCUT2D eigenvalue weighted by Gasteiger charge is 2.33. The highest BCUT2D eigenvalue weighted by Crippen LogP contribution is 2.39. The summed E-state index contributed by atoms with van der Waals surface area (Å²) in [5.41, 5.74) is 2.53. The molecule has 4 aromatic rings. The predicted molar refractivity (Wildman–Crippen MR) is 122 cm³/mol. The number of fused-ring (bicyclic) bond motifs is 1. The minimum Gasteiger partial charge on any atom is -0.465 e. The summed E-state index contributed by atoms with van der Waals surface area (Å²) in [7, 11) is 1.26. The van der Waals surface area contributed by atoms with Crippen LogP contribution in [0.25, 0.3) is 16.6 Å². The van der Waals surface area contributed by atoms with Gasteiger partial charge in [-0.25, -0.2) is 4.79 Å². The summed E-state index contributed by atoms with van der Waals surface area (Å²) in [6.45, 7) is 5.00. The van der Waals surface area contributed by atoms with Crippen LogP contribution in [0.5, 0.6) is 0 Å². The minimum absolute atomic E-state index is 0.208. The number of aryl methyl sites for hydroxylation is 2. The van der Waals surface area contributed by atoms with Gasteiger partial charge in [0.2, 0.25) is 0 Å². The van der Waals surface area contributed by atoms with E-state index in [1.54, 1.807) is 61.7 Å². The van der Waals surface area contributed by atoms with E-state index in [2.05, 4.69) is 4.98 Å². The lowest BCUT2D eigenvalue weighted by Crippen LogP contribution is -2.14. The van der Waals surface area contributed by atoms with Crippen LogP contribution in [0.1, 0.15) is 50.1 Å². The summed E-state index contributed by atoms with van der Waals surface area (Å²) < 4.78 is 47.3. The average molecular weight is 468 g/mol. The predicted octanol–water partition coefficient (Wildman–Crippen LogP) is 5.84. The van der Waals surface area contributed by atoms with Gasteiger partial charge in [0, 0.05) is 28.5 Å². The number of nitrogens with zero attached hydrogens (tertiary/aromatic N) is 2. The molecule has 1 atom stereocenters. The van der Waals surface area contributed by atoms with E-state index in [0.717, 1.165) is 12.1 Å². The van der Waals surface area contributed by atoms with Crippen LogP contribution in [-0.2, 0) is 10.9 Å². The Hall–Kier alpha value is -3.65. The van der Waals surface area contributed by atoms with E-state index in [1.165, 1.54) is 13.3 Å². The van der Waals surface area contributed by atoms with Crippen LogP contribution in [0.3, 0.4) is 0 Å². The number of benzene rings is 2. The van der Waals surface area contributed by atoms with Crippen molar-refractivity contribution in [2.24, 2.45) is 0 Å². The molecule has 0 aliphatic rings. The number of hydrogen-bond acceptors (Lipinski definition) is 4. The number of halogens is 3. The van der Waals surface area contributed by atoms with Crippen LogP contribution >= 0.6 is 0 Å². The summed E-state index contributed by atoms with van der Waals surface area (Å²) in [6, 6.07) is 12.7. The Kier molecular flexibility index (Phi) is 5.95. The van der Waals surface area contributed by atoms with E-state index >= 15 is 0 Å². The molecule has 0 aliphatic carbocycles. The average Bonchev–Trinajstić information content (AvgIpc) is 3.19. The first-order valence-electron chi connectivity index (χ1n) is 10.6. The van der Waals surface area contributed by atoms with E-state index in [9.17, 15) is 23.1 Å². The zero-order chi connectivity index (χ0) is 24.8. The number of aliphatic hydroxyl groups excluding tert-OH is 1. The molecule has 34 heavy (non-hydrogen) atoms. The topological polar surface area (TPSA) is 64.3 Å². The second kappa shape index (κ2) is 8.61. The fraction of sp³-hybridized carbons (Fsp3) is 0.231. The molecule has 0 saturated heterocycles. The van der Waals surface area contributed by atoms with Gasteiger partial charge in [0.05, 0.1) is 29.4 Å². The molecule has 0 amide bonds. The van der Waals surface area contributed by atoms with E-state index in [1.807, 2.05) is 0 Å². The van der Waals surface area contributed by atoms with Crippen LogP contribution in [0.15, 0.2) is 54.7 Å². The third kappa shape index (κ3) is 3.94. The molecule has 0 bridgehead atoms. The smallest absolute Gasteiger partial charge is 0.416 e. The molecule has 2 heterocycles. The molecule has 0 radical (unpaired) electrons. The number of rotatable bonds is 4. The molecule has 176 valence electrons. The molecule has 0 fully saturated rings. The number of methoxy groups -OCH3 is 1. The second-order valence-electron chi connectivity index (χ2n) is 8.15. The summed E-state index contributed by atoms with van der Waals surface area (Å²) in [5.74, 6) is -0.590. The largest absolute Gasteiger partial charge is 0.465 e. The van der Waals surface area contributed by atoms with Crippen LogP contribution in [-0.4, -0.2) is 27.7 Å². The number of ether oxygens (including phenoxy) is 1. The number of aliphatic hydroxyl groups is 1. The maximum Gasteiger partial charge on any atom is 0.416 e. The monoisotopic (exact) mass is 468 g/mol. The highest BCUT2D eigenvalue weighted by molar-refractivity contribution is 5.91. The van der Waals surface area contributed by atoms with E-state index in [0.29, 0.717) is 44.7 Å². The van der Waals surface area contributed by atoms with Crippen LogP contribution in [0, 0.1) is 20.8 Å². The van der Waals surface area contributed by atoms with E-state index in [-0.39, 0.29) is 5.56 Å². The van der Waals surface area contributed by atoms with Gasteiger partial charge < -0.3 is 14.4 Å². The van der Waals surface area contributed by atoms with Crippen molar-refractivity contribution in [2.45, 2.75) is 33.1 Å².